The van der Waals surface area contributed by atoms with E-state index in [1.54, 1.807) is 11.8 Å². The summed E-state index contributed by atoms with van der Waals surface area (Å²) in [5.41, 5.74) is 1.20. The van der Waals surface area contributed by atoms with Crippen LogP contribution in [0.1, 0.15) is 13.3 Å². The summed E-state index contributed by atoms with van der Waals surface area (Å²) in [7, 11) is 0. The third-order valence-electron chi connectivity index (χ3n) is 2.40. The summed E-state index contributed by atoms with van der Waals surface area (Å²) in [4.78, 5) is 6.60. The van der Waals surface area contributed by atoms with Crippen molar-refractivity contribution in [3.63, 3.8) is 0 Å². The third-order valence-corrected chi connectivity index (χ3v) is 3.47. The molecule has 2 rings (SSSR count). The minimum atomic E-state index is 0.596. The van der Waals surface area contributed by atoms with Crippen LogP contribution in [0.3, 0.4) is 0 Å². The molecule has 0 fully saturated rings. The summed E-state index contributed by atoms with van der Waals surface area (Å²) >= 11 is 5.11. The largest absolute Gasteiger partial charge is 0.319 e. The minimum Gasteiger partial charge on any atom is -0.319 e. The Labute approximate surface area is 103 Å². The standard InChI is InChI=1S/C11H13BrN2S/c1-8-3-4-9-11(15-2)13-10(12)7-14(9)6-5-8/h4-8H,3H2,1-2H3. The van der Waals surface area contributed by atoms with Gasteiger partial charge in [0.05, 0.1) is 5.70 Å². The fourth-order valence-electron chi connectivity index (χ4n) is 1.56. The van der Waals surface area contributed by atoms with Crippen LogP contribution in [0.2, 0.25) is 0 Å². The summed E-state index contributed by atoms with van der Waals surface area (Å²) in [5, 5.41) is 1.07. The van der Waals surface area contributed by atoms with Gasteiger partial charge in [0.25, 0.3) is 0 Å². The topological polar surface area (TPSA) is 15.6 Å². The molecule has 0 saturated heterocycles. The van der Waals surface area contributed by atoms with Crippen LogP contribution in [0.4, 0.5) is 0 Å². The van der Waals surface area contributed by atoms with E-state index >= 15 is 0 Å². The molecular formula is C11H13BrN2S. The molecule has 4 heteroatoms. The molecule has 2 heterocycles. The van der Waals surface area contributed by atoms with Crippen LogP contribution >= 0.6 is 27.7 Å². The number of halogens is 1. The van der Waals surface area contributed by atoms with E-state index in [1.807, 2.05) is 6.20 Å². The molecule has 0 N–H and O–H groups in total. The number of hydrogen-bond acceptors (Lipinski definition) is 3. The Balaban J connectivity index is 2.39. The van der Waals surface area contributed by atoms with E-state index in [0.717, 1.165) is 16.1 Å². The maximum absolute atomic E-state index is 4.47. The summed E-state index contributed by atoms with van der Waals surface area (Å²) in [6, 6.07) is 0. The first-order valence-corrected chi connectivity index (χ1v) is 6.89. The van der Waals surface area contributed by atoms with Crippen molar-refractivity contribution in [3.05, 3.63) is 34.9 Å². The van der Waals surface area contributed by atoms with Crippen molar-refractivity contribution in [3.8, 4) is 0 Å². The highest BCUT2D eigenvalue weighted by molar-refractivity contribution is 9.11. The van der Waals surface area contributed by atoms with Crippen molar-refractivity contribution in [2.24, 2.45) is 10.9 Å². The Hall–Kier alpha value is -0.480. The van der Waals surface area contributed by atoms with Gasteiger partial charge in [-0.05, 0) is 34.5 Å². The quantitative estimate of drug-likeness (QED) is 0.631. The lowest BCUT2D eigenvalue weighted by atomic mass is 10.1. The highest BCUT2D eigenvalue weighted by Crippen LogP contribution is 2.28. The normalized spacial score (nSPS) is 25.1. The van der Waals surface area contributed by atoms with Crippen LogP contribution < -0.4 is 0 Å². The molecule has 0 aromatic carbocycles. The van der Waals surface area contributed by atoms with Crippen LogP contribution in [0, 0.1) is 5.92 Å². The lowest BCUT2D eigenvalue weighted by molar-refractivity contribution is 0.654. The molecule has 0 radical (unpaired) electrons. The summed E-state index contributed by atoms with van der Waals surface area (Å²) in [6.45, 7) is 2.22. The van der Waals surface area contributed by atoms with Gasteiger partial charge < -0.3 is 4.90 Å². The zero-order chi connectivity index (χ0) is 10.8. The van der Waals surface area contributed by atoms with E-state index in [4.69, 9.17) is 0 Å². The molecule has 80 valence electrons. The average molecular weight is 285 g/mol. The van der Waals surface area contributed by atoms with Crippen LogP contribution in [0.5, 0.6) is 0 Å². The number of hydrogen-bond donors (Lipinski definition) is 0. The van der Waals surface area contributed by atoms with Crippen LogP contribution in [0.15, 0.2) is 39.8 Å². The second-order valence-electron chi connectivity index (χ2n) is 3.62. The Kier molecular flexibility index (Phi) is 3.36. The highest BCUT2D eigenvalue weighted by atomic mass is 79.9. The van der Waals surface area contributed by atoms with Crippen molar-refractivity contribution >= 4 is 32.7 Å². The zero-order valence-corrected chi connectivity index (χ0v) is 11.2. The van der Waals surface area contributed by atoms with Gasteiger partial charge in [0.1, 0.15) is 9.65 Å². The predicted molar refractivity (Wildman–Crippen MR) is 70.8 cm³/mol. The van der Waals surface area contributed by atoms with Gasteiger partial charge >= 0.3 is 0 Å². The maximum atomic E-state index is 4.47. The van der Waals surface area contributed by atoms with Gasteiger partial charge in [0, 0.05) is 12.4 Å². The van der Waals surface area contributed by atoms with Crippen LogP contribution in [-0.4, -0.2) is 16.2 Å². The molecular weight excluding hydrogens is 272 g/mol. The molecule has 2 aliphatic rings. The highest BCUT2D eigenvalue weighted by Gasteiger charge is 2.18. The minimum absolute atomic E-state index is 0.596. The fraction of sp³-hybridized carbons (Fsp3) is 0.364. The summed E-state index contributed by atoms with van der Waals surface area (Å²) < 4.78 is 0.878. The first-order valence-electron chi connectivity index (χ1n) is 4.88. The number of fused-ring (bicyclic) bond motifs is 1. The molecule has 0 amide bonds. The predicted octanol–water partition coefficient (Wildman–Crippen LogP) is 3.69. The number of allylic oxidation sites excluding steroid dienone is 2. The van der Waals surface area contributed by atoms with Gasteiger partial charge in [0.2, 0.25) is 0 Å². The van der Waals surface area contributed by atoms with Crippen molar-refractivity contribution < 1.29 is 0 Å². The molecule has 0 spiro atoms. The fourth-order valence-corrected chi connectivity index (χ4v) is 2.66. The Morgan fingerprint density at radius 1 is 1.60 bits per heavy atom. The molecule has 2 aliphatic heterocycles. The van der Waals surface area contributed by atoms with Gasteiger partial charge in [-0.1, -0.05) is 19.1 Å². The van der Waals surface area contributed by atoms with Crippen molar-refractivity contribution in [2.75, 3.05) is 6.26 Å². The van der Waals surface area contributed by atoms with Gasteiger partial charge in [-0.3, -0.25) is 0 Å². The molecule has 1 unspecified atom stereocenters. The van der Waals surface area contributed by atoms with Gasteiger partial charge in [-0.2, -0.15) is 0 Å². The van der Waals surface area contributed by atoms with Gasteiger partial charge in [-0.15, -0.1) is 11.8 Å². The smallest absolute Gasteiger partial charge is 0.124 e. The molecule has 0 aromatic heterocycles. The second kappa shape index (κ2) is 4.58. The molecule has 1 atom stereocenters. The second-order valence-corrected chi connectivity index (χ2v) is 5.23. The first kappa shape index (κ1) is 11.0. The first-order chi connectivity index (χ1) is 7.20. The average Bonchev–Trinajstić information content (AvgIpc) is 2.40. The Morgan fingerprint density at radius 3 is 3.13 bits per heavy atom. The van der Waals surface area contributed by atoms with E-state index in [9.17, 15) is 0 Å². The van der Waals surface area contributed by atoms with E-state index in [2.05, 4.69) is 57.4 Å². The summed E-state index contributed by atoms with van der Waals surface area (Å²) in [6.07, 6.45) is 11.7. The monoisotopic (exact) mass is 284 g/mol. The summed E-state index contributed by atoms with van der Waals surface area (Å²) in [5.74, 6) is 0.596. The molecule has 0 aromatic rings. The Morgan fingerprint density at radius 2 is 2.40 bits per heavy atom. The van der Waals surface area contributed by atoms with Crippen molar-refractivity contribution in [1.29, 1.82) is 0 Å². The van der Waals surface area contributed by atoms with E-state index in [0.29, 0.717) is 5.92 Å². The van der Waals surface area contributed by atoms with E-state index in [1.165, 1.54) is 5.70 Å². The number of rotatable bonds is 0. The SMILES string of the molecule is CSC1=NC(Br)=CN2C=CC(C)CC=C12. The molecule has 0 bridgehead atoms. The van der Waals surface area contributed by atoms with E-state index in [-0.39, 0.29) is 0 Å². The molecule has 15 heavy (non-hydrogen) atoms. The van der Waals surface area contributed by atoms with Crippen molar-refractivity contribution in [1.82, 2.24) is 4.90 Å². The van der Waals surface area contributed by atoms with E-state index < -0.39 is 0 Å². The van der Waals surface area contributed by atoms with Crippen molar-refractivity contribution in [2.45, 2.75) is 13.3 Å². The van der Waals surface area contributed by atoms with Crippen LogP contribution in [-0.2, 0) is 0 Å². The number of aliphatic imine (C=N–C) groups is 1. The maximum Gasteiger partial charge on any atom is 0.124 e. The molecule has 2 nitrogen and oxygen atoms in total. The lowest BCUT2D eigenvalue weighted by Crippen LogP contribution is -2.18. The molecule has 0 aliphatic carbocycles. The third kappa shape index (κ3) is 2.37. The number of thioether (sulfide) groups is 1. The Bertz CT molecular complexity index is 382. The molecule has 0 saturated carbocycles. The lowest BCUT2D eigenvalue weighted by Gasteiger charge is -2.23. The van der Waals surface area contributed by atoms with Gasteiger partial charge in [-0.25, -0.2) is 4.99 Å². The van der Waals surface area contributed by atoms with Crippen LogP contribution in [0.25, 0.3) is 0 Å². The zero-order valence-electron chi connectivity index (χ0n) is 8.77. The van der Waals surface area contributed by atoms with Gasteiger partial charge in [0.15, 0.2) is 0 Å². The number of nitrogens with zero attached hydrogens (tertiary/aromatic N) is 2.